The van der Waals surface area contributed by atoms with Crippen LogP contribution in [-0.4, -0.2) is 37.4 Å². The monoisotopic (exact) mass is 345 g/mol. The second-order valence-corrected chi connectivity index (χ2v) is 7.31. The fourth-order valence-electron chi connectivity index (χ4n) is 3.41. The van der Waals surface area contributed by atoms with Crippen molar-refractivity contribution >= 4 is 23.2 Å². The van der Waals surface area contributed by atoms with Gasteiger partial charge in [-0.2, -0.15) is 0 Å². The van der Waals surface area contributed by atoms with E-state index in [4.69, 9.17) is 0 Å². The van der Waals surface area contributed by atoms with Gasteiger partial charge in [-0.3, -0.25) is 9.59 Å². The maximum atomic E-state index is 12.1. The Morgan fingerprint density at radius 1 is 1.04 bits per heavy atom. The number of amides is 2. The number of nitrogens with one attached hydrogen (secondary N) is 2. The van der Waals surface area contributed by atoms with E-state index in [2.05, 4.69) is 10.6 Å². The van der Waals surface area contributed by atoms with Crippen LogP contribution in [0.25, 0.3) is 0 Å². The maximum absolute atomic E-state index is 12.1. The van der Waals surface area contributed by atoms with Crippen LogP contribution in [0.5, 0.6) is 0 Å². The van der Waals surface area contributed by atoms with Crippen molar-refractivity contribution in [3.63, 3.8) is 0 Å². The number of rotatable bonds is 8. The summed E-state index contributed by atoms with van der Waals surface area (Å²) in [4.78, 5) is 25.7. The summed E-state index contributed by atoms with van der Waals surface area (Å²) in [6.07, 6.45) is 9.41. The highest BCUT2D eigenvalue weighted by molar-refractivity contribution is 5.94. The van der Waals surface area contributed by atoms with Gasteiger partial charge < -0.3 is 15.5 Å². The van der Waals surface area contributed by atoms with Gasteiger partial charge in [-0.25, -0.2) is 0 Å². The van der Waals surface area contributed by atoms with Crippen molar-refractivity contribution in [1.82, 2.24) is 4.90 Å². The van der Waals surface area contributed by atoms with Gasteiger partial charge in [-0.1, -0.05) is 38.2 Å². The Balaban J connectivity index is 1.74. The Labute approximate surface area is 151 Å². The van der Waals surface area contributed by atoms with E-state index in [0.717, 1.165) is 24.4 Å². The van der Waals surface area contributed by atoms with Gasteiger partial charge in [0.2, 0.25) is 11.8 Å². The van der Waals surface area contributed by atoms with E-state index in [1.807, 2.05) is 37.2 Å². The lowest BCUT2D eigenvalue weighted by Gasteiger charge is -2.21. The molecule has 1 aromatic carbocycles. The molecule has 0 atom stereocenters. The first-order chi connectivity index (χ1) is 12.0. The van der Waals surface area contributed by atoms with Crippen molar-refractivity contribution in [2.24, 2.45) is 5.92 Å². The topological polar surface area (TPSA) is 61.4 Å². The molecule has 1 aliphatic carbocycles. The zero-order chi connectivity index (χ0) is 18.1. The molecule has 0 unspecified atom stereocenters. The summed E-state index contributed by atoms with van der Waals surface area (Å²) in [6, 6.07) is 7.31. The molecule has 0 aromatic heterocycles. The van der Waals surface area contributed by atoms with Crippen LogP contribution in [0.3, 0.4) is 0 Å². The summed E-state index contributed by atoms with van der Waals surface area (Å²) in [5.74, 6) is 0.797. The van der Waals surface area contributed by atoms with Crippen LogP contribution in [0.4, 0.5) is 11.4 Å². The van der Waals surface area contributed by atoms with E-state index in [1.54, 1.807) is 6.07 Å². The minimum Gasteiger partial charge on any atom is -0.326 e. The molecule has 5 nitrogen and oxygen atoms in total. The van der Waals surface area contributed by atoms with Gasteiger partial charge in [0, 0.05) is 17.8 Å². The molecule has 0 spiro atoms. The van der Waals surface area contributed by atoms with E-state index in [9.17, 15) is 9.59 Å². The normalized spacial score (nSPS) is 15.2. The van der Waals surface area contributed by atoms with Crippen molar-refractivity contribution in [3.05, 3.63) is 24.3 Å². The first-order valence-electron chi connectivity index (χ1n) is 9.37. The molecule has 0 bridgehead atoms. The van der Waals surface area contributed by atoms with Crippen LogP contribution in [-0.2, 0) is 9.59 Å². The Kier molecular flexibility index (Phi) is 7.92. The zero-order valence-electron chi connectivity index (χ0n) is 15.5. The SMILES string of the molecule is CN(C)CC(=O)Nc1cccc(NC(=O)CCCC2CCCCC2)c1. The van der Waals surface area contributed by atoms with Gasteiger partial charge in [0.05, 0.1) is 6.54 Å². The van der Waals surface area contributed by atoms with Crippen molar-refractivity contribution in [1.29, 1.82) is 0 Å². The van der Waals surface area contributed by atoms with E-state index >= 15 is 0 Å². The van der Waals surface area contributed by atoms with Crippen LogP contribution in [0.15, 0.2) is 24.3 Å². The summed E-state index contributed by atoms with van der Waals surface area (Å²) >= 11 is 0. The number of likely N-dealkylation sites (N-methyl/N-ethyl adjacent to an activating group) is 1. The average molecular weight is 345 g/mol. The molecular weight excluding hydrogens is 314 g/mol. The van der Waals surface area contributed by atoms with Crippen molar-refractivity contribution in [3.8, 4) is 0 Å². The Morgan fingerprint density at radius 2 is 1.68 bits per heavy atom. The van der Waals surface area contributed by atoms with Gasteiger partial charge in [0.1, 0.15) is 0 Å². The summed E-state index contributed by atoms with van der Waals surface area (Å²) in [5, 5.41) is 5.77. The summed E-state index contributed by atoms with van der Waals surface area (Å²) in [7, 11) is 3.70. The molecule has 0 radical (unpaired) electrons. The smallest absolute Gasteiger partial charge is 0.238 e. The van der Waals surface area contributed by atoms with Crippen molar-refractivity contribution in [2.45, 2.75) is 51.4 Å². The van der Waals surface area contributed by atoms with Gasteiger partial charge in [-0.15, -0.1) is 0 Å². The number of hydrogen-bond acceptors (Lipinski definition) is 3. The lowest BCUT2D eigenvalue weighted by molar-refractivity contribution is -0.117. The molecule has 1 aliphatic rings. The third-order valence-electron chi connectivity index (χ3n) is 4.63. The van der Waals surface area contributed by atoms with Crippen LogP contribution in [0, 0.1) is 5.92 Å². The number of nitrogens with zero attached hydrogens (tertiary/aromatic N) is 1. The number of carbonyl (C=O) groups excluding carboxylic acids is 2. The Morgan fingerprint density at radius 3 is 2.32 bits per heavy atom. The lowest BCUT2D eigenvalue weighted by atomic mass is 9.86. The second kappa shape index (κ2) is 10.2. The molecule has 2 rings (SSSR count). The van der Waals surface area contributed by atoms with Crippen LogP contribution in [0.1, 0.15) is 51.4 Å². The fourth-order valence-corrected chi connectivity index (χ4v) is 3.41. The van der Waals surface area contributed by atoms with E-state index in [-0.39, 0.29) is 11.8 Å². The number of anilines is 2. The van der Waals surface area contributed by atoms with Gasteiger partial charge in [-0.05, 0) is 51.1 Å². The van der Waals surface area contributed by atoms with Gasteiger partial charge >= 0.3 is 0 Å². The number of benzene rings is 1. The molecule has 138 valence electrons. The predicted octanol–water partition coefficient (Wildman–Crippen LogP) is 3.88. The summed E-state index contributed by atoms with van der Waals surface area (Å²) in [5.41, 5.74) is 1.43. The molecule has 1 fully saturated rings. The predicted molar refractivity (Wildman–Crippen MR) is 103 cm³/mol. The van der Waals surface area contributed by atoms with E-state index in [0.29, 0.717) is 18.7 Å². The van der Waals surface area contributed by atoms with E-state index < -0.39 is 0 Å². The second-order valence-electron chi connectivity index (χ2n) is 7.31. The third-order valence-corrected chi connectivity index (χ3v) is 4.63. The van der Waals surface area contributed by atoms with Crippen LogP contribution in [0.2, 0.25) is 0 Å². The zero-order valence-corrected chi connectivity index (χ0v) is 15.5. The molecule has 2 N–H and O–H groups in total. The first-order valence-corrected chi connectivity index (χ1v) is 9.37. The van der Waals surface area contributed by atoms with Crippen LogP contribution < -0.4 is 10.6 Å². The number of hydrogen-bond donors (Lipinski definition) is 2. The molecule has 5 heteroatoms. The molecule has 2 amide bonds. The quantitative estimate of drug-likeness (QED) is 0.752. The minimum atomic E-state index is -0.0686. The standard InChI is InChI=1S/C20H31N3O2/c1-23(2)15-20(25)22-18-12-7-11-17(14-18)21-19(24)13-6-10-16-8-4-3-5-9-16/h7,11-12,14,16H,3-6,8-10,13,15H2,1-2H3,(H,21,24)(H,22,25). The highest BCUT2D eigenvalue weighted by atomic mass is 16.2. The first kappa shape index (κ1) is 19.4. The van der Waals surface area contributed by atoms with Crippen molar-refractivity contribution in [2.75, 3.05) is 31.3 Å². The fraction of sp³-hybridized carbons (Fsp3) is 0.600. The summed E-state index contributed by atoms with van der Waals surface area (Å²) in [6.45, 7) is 0.331. The molecule has 25 heavy (non-hydrogen) atoms. The van der Waals surface area contributed by atoms with Crippen molar-refractivity contribution < 1.29 is 9.59 Å². The Bertz CT molecular complexity index is 566. The summed E-state index contributed by atoms with van der Waals surface area (Å²) < 4.78 is 0. The average Bonchev–Trinajstić information content (AvgIpc) is 2.55. The molecule has 0 heterocycles. The highest BCUT2D eigenvalue weighted by Gasteiger charge is 2.13. The molecule has 1 aromatic rings. The highest BCUT2D eigenvalue weighted by Crippen LogP contribution is 2.27. The Hall–Kier alpha value is -1.88. The van der Waals surface area contributed by atoms with Gasteiger partial charge in [0.15, 0.2) is 0 Å². The minimum absolute atomic E-state index is 0.0487. The number of carbonyl (C=O) groups is 2. The molecule has 1 saturated carbocycles. The molecular formula is C20H31N3O2. The molecule has 0 saturated heterocycles. The maximum Gasteiger partial charge on any atom is 0.238 e. The molecule has 0 aliphatic heterocycles. The van der Waals surface area contributed by atoms with Gasteiger partial charge in [0.25, 0.3) is 0 Å². The van der Waals surface area contributed by atoms with E-state index in [1.165, 1.54) is 32.1 Å². The van der Waals surface area contributed by atoms with Crippen LogP contribution >= 0.6 is 0 Å². The third kappa shape index (κ3) is 7.69. The largest absolute Gasteiger partial charge is 0.326 e. The lowest BCUT2D eigenvalue weighted by Crippen LogP contribution is -2.27.